The highest BCUT2D eigenvalue weighted by atomic mass is 35.5. The lowest BCUT2D eigenvalue weighted by molar-refractivity contribution is -0.148. The molecule has 4 nitrogen and oxygen atoms in total. The molecular formula is C18H33ClN2O2. The molecule has 2 bridgehead atoms. The fourth-order valence-corrected chi connectivity index (χ4v) is 5.60. The van der Waals surface area contributed by atoms with Gasteiger partial charge >= 0.3 is 0 Å². The molecule has 2 saturated heterocycles. The fourth-order valence-electron chi connectivity index (χ4n) is 5.60. The Kier molecular flexibility index (Phi) is 5.40. The second-order valence-electron chi connectivity index (χ2n) is 9.11. The first kappa shape index (κ1) is 19.0. The summed E-state index contributed by atoms with van der Waals surface area (Å²) in [5.74, 6) is 0.363. The first-order valence-corrected chi connectivity index (χ1v) is 8.80. The van der Waals surface area contributed by atoms with Gasteiger partial charge in [-0.15, -0.1) is 12.4 Å². The summed E-state index contributed by atoms with van der Waals surface area (Å²) in [5, 5.41) is 3.38. The van der Waals surface area contributed by atoms with Gasteiger partial charge in [-0.1, -0.05) is 20.8 Å². The average Bonchev–Trinajstić information content (AvgIpc) is 2.68. The van der Waals surface area contributed by atoms with Crippen LogP contribution in [0.5, 0.6) is 0 Å². The van der Waals surface area contributed by atoms with Crippen molar-refractivity contribution < 1.29 is 9.53 Å². The lowest BCUT2D eigenvalue weighted by atomic mass is 9.65. The predicted octanol–water partition coefficient (Wildman–Crippen LogP) is 2.85. The number of amides is 1. The summed E-state index contributed by atoms with van der Waals surface area (Å²) in [4.78, 5) is 15.7. The van der Waals surface area contributed by atoms with Gasteiger partial charge in [0.05, 0.1) is 12.0 Å². The molecule has 5 heteroatoms. The maximum atomic E-state index is 13.4. The Morgan fingerprint density at radius 3 is 2.48 bits per heavy atom. The summed E-state index contributed by atoms with van der Waals surface area (Å²) < 4.78 is 5.47. The molecule has 0 radical (unpaired) electrons. The van der Waals surface area contributed by atoms with Crippen LogP contribution in [0, 0.1) is 16.2 Å². The molecule has 0 aromatic carbocycles. The molecule has 1 amide bonds. The first-order valence-electron chi connectivity index (χ1n) is 8.80. The number of methoxy groups -OCH3 is 1. The van der Waals surface area contributed by atoms with Gasteiger partial charge < -0.3 is 15.0 Å². The quantitative estimate of drug-likeness (QED) is 0.856. The topological polar surface area (TPSA) is 41.6 Å². The molecule has 0 aromatic rings. The zero-order valence-corrected chi connectivity index (χ0v) is 15.9. The maximum Gasteiger partial charge on any atom is 0.231 e. The molecule has 3 fully saturated rings. The van der Waals surface area contributed by atoms with Crippen LogP contribution in [0.2, 0.25) is 0 Å². The molecule has 134 valence electrons. The van der Waals surface area contributed by atoms with E-state index < -0.39 is 0 Å². The van der Waals surface area contributed by atoms with Crippen LogP contribution in [-0.4, -0.2) is 50.2 Å². The zero-order chi connectivity index (χ0) is 16.0. The molecule has 3 rings (SSSR count). The minimum absolute atomic E-state index is 0. The fraction of sp³-hybridized carbons (Fsp3) is 0.944. The van der Waals surface area contributed by atoms with Gasteiger partial charge in [-0.25, -0.2) is 0 Å². The van der Waals surface area contributed by atoms with Gasteiger partial charge in [-0.3, -0.25) is 4.79 Å². The summed E-state index contributed by atoms with van der Waals surface area (Å²) in [5.41, 5.74) is 0.372. The largest absolute Gasteiger partial charge is 0.384 e. The van der Waals surface area contributed by atoms with Gasteiger partial charge in [0, 0.05) is 19.7 Å². The third-order valence-electron chi connectivity index (χ3n) is 6.11. The Morgan fingerprint density at radius 1 is 1.22 bits per heavy atom. The maximum absolute atomic E-state index is 13.4. The molecule has 2 heterocycles. The van der Waals surface area contributed by atoms with Crippen molar-refractivity contribution in [3.63, 3.8) is 0 Å². The standard InChI is InChI=1S/C18H32N2O2.ClH/c1-16(2)9-14-10-17(3,11-16)12-20(14)15(21)18(13-22-4)5-7-19-8-6-18;/h14,19H,5-13H2,1-4H3;1H. The molecular weight excluding hydrogens is 312 g/mol. The average molecular weight is 345 g/mol. The van der Waals surface area contributed by atoms with Crippen molar-refractivity contribution in [2.75, 3.05) is 33.4 Å². The molecule has 2 unspecified atom stereocenters. The van der Waals surface area contributed by atoms with Crippen LogP contribution in [0.3, 0.4) is 0 Å². The number of ether oxygens (including phenoxy) is 1. The minimum Gasteiger partial charge on any atom is -0.384 e. The van der Waals surface area contributed by atoms with Crippen LogP contribution in [0.4, 0.5) is 0 Å². The number of hydrogen-bond donors (Lipinski definition) is 1. The SMILES string of the molecule is COCC1(C(=O)N2CC3(C)CC2CC(C)(C)C3)CCNCC1.Cl. The van der Waals surface area contributed by atoms with Gasteiger partial charge in [0.25, 0.3) is 0 Å². The molecule has 1 saturated carbocycles. The van der Waals surface area contributed by atoms with Crippen LogP contribution >= 0.6 is 12.4 Å². The number of nitrogens with zero attached hydrogens (tertiary/aromatic N) is 1. The monoisotopic (exact) mass is 344 g/mol. The third-order valence-corrected chi connectivity index (χ3v) is 6.11. The molecule has 0 aromatic heterocycles. The van der Waals surface area contributed by atoms with Crippen LogP contribution in [0.1, 0.15) is 52.9 Å². The van der Waals surface area contributed by atoms with Gasteiger partial charge in [0.1, 0.15) is 0 Å². The van der Waals surface area contributed by atoms with Crippen molar-refractivity contribution in [2.45, 2.75) is 58.9 Å². The van der Waals surface area contributed by atoms with Crippen molar-refractivity contribution in [3.8, 4) is 0 Å². The lowest BCUT2D eigenvalue weighted by Gasteiger charge is -2.41. The van der Waals surface area contributed by atoms with E-state index in [0.717, 1.165) is 38.9 Å². The van der Waals surface area contributed by atoms with E-state index in [2.05, 4.69) is 31.0 Å². The molecule has 2 atom stereocenters. The van der Waals surface area contributed by atoms with E-state index >= 15 is 0 Å². The van der Waals surface area contributed by atoms with Gasteiger partial charge in [0.2, 0.25) is 5.91 Å². The third kappa shape index (κ3) is 3.54. The van der Waals surface area contributed by atoms with E-state index in [1.807, 2.05) is 0 Å². The summed E-state index contributed by atoms with van der Waals surface area (Å²) in [6, 6.07) is 0.435. The molecule has 23 heavy (non-hydrogen) atoms. The molecule has 3 aliphatic rings. The Balaban J connectivity index is 0.00000192. The summed E-state index contributed by atoms with van der Waals surface area (Å²) in [6.07, 6.45) is 5.38. The van der Waals surface area contributed by atoms with Crippen LogP contribution in [0.25, 0.3) is 0 Å². The highest BCUT2D eigenvalue weighted by molar-refractivity contribution is 5.85. The Hall–Kier alpha value is -0.320. The molecule has 1 aliphatic carbocycles. The smallest absolute Gasteiger partial charge is 0.231 e. The summed E-state index contributed by atoms with van der Waals surface area (Å²) in [7, 11) is 1.73. The van der Waals surface area contributed by atoms with E-state index in [-0.39, 0.29) is 17.8 Å². The van der Waals surface area contributed by atoms with Crippen molar-refractivity contribution in [2.24, 2.45) is 16.2 Å². The number of piperidine rings is 1. The van der Waals surface area contributed by atoms with E-state index in [0.29, 0.717) is 29.4 Å². The van der Waals surface area contributed by atoms with Gasteiger partial charge in [0.15, 0.2) is 0 Å². The highest BCUT2D eigenvalue weighted by Gasteiger charge is 2.54. The molecule has 2 aliphatic heterocycles. The second kappa shape index (κ2) is 6.53. The lowest BCUT2D eigenvalue weighted by Crippen LogP contribution is -2.53. The molecule has 0 spiro atoms. The number of nitrogens with one attached hydrogen (secondary N) is 1. The number of rotatable bonds is 3. The Bertz CT molecular complexity index is 443. The number of hydrogen-bond acceptors (Lipinski definition) is 3. The molecule has 1 N–H and O–H groups in total. The number of carbonyl (C=O) groups excluding carboxylic acids is 1. The minimum atomic E-state index is -0.294. The Labute approximate surface area is 147 Å². The predicted molar refractivity (Wildman–Crippen MR) is 94.9 cm³/mol. The Morgan fingerprint density at radius 2 is 1.87 bits per heavy atom. The second-order valence-corrected chi connectivity index (χ2v) is 9.11. The van der Waals surface area contributed by atoms with Crippen LogP contribution in [0.15, 0.2) is 0 Å². The number of likely N-dealkylation sites (tertiary alicyclic amines) is 1. The number of halogens is 1. The van der Waals surface area contributed by atoms with Gasteiger partial charge in [-0.05, 0) is 56.0 Å². The van der Waals surface area contributed by atoms with Crippen molar-refractivity contribution in [1.82, 2.24) is 10.2 Å². The number of carbonyl (C=O) groups is 1. The van der Waals surface area contributed by atoms with Gasteiger partial charge in [-0.2, -0.15) is 0 Å². The van der Waals surface area contributed by atoms with Crippen molar-refractivity contribution >= 4 is 18.3 Å². The summed E-state index contributed by atoms with van der Waals surface area (Å²) in [6.45, 7) is 10.5. The zero-order valence-electron chi connectivity index (χ0n) is 15.1. The van der Waals surface area contributed by atoms with Crippen molar-refractivity contribution in [1.29, 1.82) is 0 Å². The first-order chi connectivity index (χ1) is 10.3. The number of fused-ring (bicyclic) bond motifs is 2. The normalized spacial score (nSPS) is 34.8. The van der Waals surface area contributed by atoms with E-state index in [9.17, 15) is 4.79 Å². The highest BCUT2D eigenvalue weighted by Crippen LogP contribution is 2.53. The van der Waals surface area contributed by atoms with E-state index in [4.69, 9.17) is 4.74 Å². The van der Waals surface area contributed by atoms with Crippen molar-refractivity contribution in [3.05, 3.63) is 0 Å². The van der Waals surface area contributed by atoms with Crippen LogP contribution in [-0.2, 0) is 9.53 Å². The van der Waals surface area contributed by atoms with E-state index in [1.54, 1.807) is 7.11 Å². The van der Waals surface area contributed by atoms with E-state index in [1.165, 1.54) is 12.8 Å². The summed E-state index contributed by atoms with van der Waals surface area (Å²) >= 11 is 0. The van der Waals surface area contributed by atoms with Crippen LogP contribution < -0.4 is 5.32 Å².